The molecule has 13 heteroatoms. The first-order chi connectivity index (χ1) is 18.9. The number of piperazine rings is 1. The average molecular weight is 636 g/mol. The molecule has 2 aliphatic rings. The first kappa shape index (κ1) is 46.8. The topological polar surface area (TPSA) is 145 Å². The molecular formula is C27H49Cl2KN4O6. The Bertz CT molecular complexity index is 712. The Morgan fingerprint density at radius 2 is 1.55 bits per heavy atom. The van der Waals surface area contributed by atoms with Crippen molar-refractivity contribution in [2.75, 3.05) is 65.9 Å². The van der Waals surface area contributed by atoms with Crippen molar-refractivity contribution in [1.82, 2.24) is 10.2 Å². The normalized spacial score (nSPS) is 14.9. The molecule has 1 aliphatic heterocycles. The van der Waals surface area contributed by atoms with Gasteiger partial charge in [-0.2, -0.15) is 7.05 Å². The standard InChI is InChI=1S/C12H16Cl2N2.C7H14N.C4H6O3.C2H5NO.2CH4O.K/c1-2-15-6-8-16(9-7-15)11-5-3-4-10(13)12(11)14;1-8-7-5-3-2-4-6-7;5-2-1-4(7)3-6;1-3-2-4;2*1-2;/h3-5H,2,6-9H2,1H3;7H,2-6H2,1H3;2-4,7H,1H2;2H,1H3,(H,3,4);2*2H,1H3;/q;-1;;;;;+1. The molecule has 1 saturated heterocycles. The van der Waals surface area contributed by atoms with Gasteiger partial charge in [-0.1, -0.05) is 68.3 Å². The van der Waals surface area contributed by atoms with Crippen LogP contribution in [0.15, 0.2) is 18.2 Å². The van der Waals surface area contributed by atoms with Crippen LogP contribution in [0.2, 0.25) is 10.0 Å². The van der Waals surface area contributed by atoms with Crippen molar-refractivity contribution in [1.29, 1.82) is 0 Å². The number of nitrogens with zero attached hydrogens (tertiary/aromatic N) is 3. The maximum absolute atomic E-state index is 9.49. The SMILES string of the molecule is CCN1CCN(c2cccc(Cl)c2Cl)CC1.CNC=O.CO.CO.C[N-]C1CCCCC1.O=CCC(O)C=O.[K+]. The van der Waals surface area contributed by atoms with Gasteiger partial charge >= 0.3 is 51.4 Å². The second-order valence-electron chi connectivity index (χ2n) is 8.06. The summed E-state index contributed by atoms with van der Waals surface area (Å²) in [5, 5.41) is 30.1. The second-order valence-corrected chi connectivity index (χ2v) is 8.84. The molecule has 1 heterocycles. The molecule has 1 atom stereocenters. The van der Waals surface area contributed by atoms with E-state index >= 15 is 0 Å². The van der Waals surface area contributed by atoms with Gasteiger partial charge in [0, 0.05) is 53.9 Å². The van der Waals surface area contributed by atoms with Crippen molar-refractivity contribution in [3.63, 3.8) is 0 Å². The molecule has 1 saturated carbocycles. The third-order valence-electron chi connectivity index (χ3n) is 5.64. The van der Waals surface area contributed by atoms with E-state index in [9.17, 15) is 9.59 Å². The molecule has 1 amide bonds. The van der Waals surface area contributed by atoms with Gasteiger partial charge in [0.05, 0.1) is 15.7 Å². The van der Waals surface area contributed by atoms with Gasteiger partial charge in [-0.15, -0.1) is 6.04 Å². The predicted octanol–water partition coefficient (Wildman–Crippen LogP) is 0.176. The first-order valence-electron chi connectivity index (χ1n) is 13.0. The Labute approximate surface area is 293 Å². The molecule has 0 radical (unpaired) electrons. The fourth-order valence-electron chi connectivity index (χ4n) is 3.54. The molecule has 0 bridgehead atoms. The number of carbonyl (C=O) groups is 3. The summed E-state index contributed by atoms with van der Waals surface area (Å²) in [7, 11) is 5.50. The molecule has 1 unspecified atom stereocenters. The molecule has 0 spiro atoms. The number of anilines is 1. The minimum absolute atomic E-state index is 0. The van der Waals surface area contributed by atoms with Gasteiger partial charge < -0.3 is 45.3 Å². The van der Waals surface area contributed by atoms with E-state index in [1.807, 2.05) is 25.2 Å². The monoisotopic (exact) mass is 634 g/mol. The number of likely N-dealkylation sites (N-methyl/N-ethyl adjacent to an activating group) is 1. The summed E-state index contributed by atoms with van der Waals surface area (Å²) in [5.41, 5.74) is 1.06. The number of hydrogen-bond donors (Lipinski definition) is 4. The number of aldehydes is 2. The maximum atomic E-state index is 9.49. The van der Waals surface area contributed by atoms with Crippen LogP contribution in [0.4, 0.5) is 5.69 Å². The van der Waals surface area contributed by atoms with Gasteiger partial charge in [0.1, 0.15) is 18.7 Å². The fourth-order valence-corrected chi connectivity index (χ4v) is 3.95. The average Bonchev–Trinajstić information content (AvgIpc) is 3.02. The summed E-state index contributed by atoms with van der Waals surface area (Å²) in [6.07, 6.45) is 7.19. The Morgan fingerprint density at radius 1 is 1.02 bits per heavy atom. The van der Waals surface area contributed by atoms with Gasteiger partial charge in [0.25, 0.3) is 0 Å². The fraction of sp³-hybridized carbons (Fsp3) is 0.667. The maximum Gasteiger partial charge on any atom is 1.00 e. The van der Waals surface area contributed by atoms with Crippen molar-refractivity contribution in [2.45, 2.75) is 57.6 Å². The third-order valence-corrected chi connectivity index (χ3v) is 6.45. The zero-order valence-corrected chi connectivity index (χ0v) is 29.7. The summed E-state index contributed by atoms with van der Waals surface area (Å²) in [4.78, 5) is 32.7. The number of hydrogen-bond acceptors (Lipinski definition) is 8. The van der Waals surface area contributed by atoms with Crippen molar-refractivity contribution >= 4 is 47.9 Å². The zero-order chi connectivity index (χ0) is 30.5. The van der Waals surface area contributed by atoms with Crippen LogP contribution in [0, 0.1) is 0 Å². The van der Waals surface area contributed by atoms with Crippen LogP contribution >= 0.6 is 23.2 Å². The van der Waals surface area contributed by atoms with Gasteiger partial charge in [-0.25, -0.2) is 0 Å². The molecule has 1 aromatic carbocycles. The van der Waals surface area contributed by atoms with E-state index in [0.717, 1.165) is 52.6 Å². The molecule has 10 nitrogen and oxygen atoms in total. The number of benzene rings is 1. The number of halogens is 2. The molecule has 4 N–H and O–H groups in total. The van der Waals surface area contributed by atoms with E-state index in [-0.39, 0.29) is 57.8 Å². The Kier molecular flexibility index (Phi) is 41.0. The molecular weight excluding hydrogens is 586 g/mol. The number of carbonyl (C=O) groups excluding carboxylic acids is 3. The van der Waals surface area contributed by atoms with Crippen molar-refractivity contribution in [3.05, 3.63) is 33.6 Å². The first-order valence-corrected chi connectivity index (χ1v) is 13.7. The summed E-state index contributed by atoms with van der Waals surface area (Å²) >= 11 is 12.2. The summed E-state index contributed by atoms with van der Waals surface area (Å²) in [6.45, 7) is 7.56. The van der Waals surface area contributed by atoms with Crippen LogP contribution in [-0.2, 0) is 14.4 Å². The largest absolute Gasteiger partial charge is 1.00 e. The molecule has 3 rings (SSSR count). The van der Waals surface area contributed by atoms with Crippen molar-refractivity contribution < 1.29 is 81.1 Å². The van der Waals surface area contributed by atoms with Crippen molar-refractivity contribution in [3.8, 4) is 0 Å². The Balaban J connectivity index is -0.000000230. The molecule has 40 heavy (non-hydrogen) atoms. The molecule has 1 aliphatic carbocycles. The molecule has 0 aromatic heterocycles. The summed E-state index contributed by atoms with van der Waals surface area (Å²) in [6, 6.07) is 6.53. The van der Waals surface area contributed by atoms with Gasteiger partial charge in [0.2, 0.25) is 6.41 Å². The third kappa shape index (κ3) is 24.4. The van der Waals surface area contributed by atoms with E-state index in [0.29, 0.717) is 35.1 Å². The summed E-state index contributed by atoms with van der Waals surface area (Å²) in [5.74, 6) is 0. The van der Waals surface area contributed by atoms with Gasteiger partial charge in [0.15, 0.2) is 0 Å². The van der Waals surface area contributed by atoms with Crippen LogP contribution in [0.5, 0.6) is 0 Å². The number of aliphatic hydroxyl groups is 3. The number of aliphatic hydroxyl groups excluding tert-OH is 3. The molecule has 1 aromatic rings. The van der Waals surface area contributed by atoms with E-state index < -0.39 is 6.10 Å². The van der Waals surface area contributed by atoms with Crippen molar-refractivity contribution in [2.24, 2.45) is 0 Å². The van der Waals surface area contributed by atoms with E-state index in [1.165, 1.54) is 32.1 Å². The zero-order valence-electron chi connectivity index (χ0n) is 25.1. The Morgan fingerprint density at radius 3 is 1.90 bits per heavy atom. The van der Waals surface area contributed by atoms with Crippen LogP contribution in [-0.4, -0.2) is 112 Å². The summed E-state index contributed by atoms with van der Waals surface area (Å²) < 4.78 is 0. The van der Waals surface area contributed by atoms with E-state index in [1.54, 1.807) is 7.05 Å². The van der Waals surface area contributed by atoms with Crippen LogP contribution in [0.3, 0.4) is 0 Å². The van der Waals surface area contributed by atoms with Gasteiger partial charge in [-0.05, 0) is 18.7 Å². The Hall–Kier alpha value is -0.154. The number of amides is 1. The van der Waals surface area contributed by atoms with Crippen LogP contribution < -0.4 is 61.6 Å². The van der Waals surface area contributed by atoms with E-state index in [4.69, 9.17) is 43.3 Å². The second kappa shape index (κ2) is 35.0. The van der Waals surface area contributed by atoms with E-state index in [2.05, 4.69) is 27.4 Å². The number of nitrogens with one attached hydrogen (secondary N) is 1. The minimum atomic E-state index is -1.10. The van der Waals surface area contributed by atoms with Crippen LogP contribution in [0.1, 0.15) is 45.4 Å². The minimum Gasteiger partial charge on any atom is -0.662 e. The van der Waals surface area contributed by atoms with Crippen LogP contribution in [0.25, 0.3) is 5.32 Å². The predicted molar refractivity (Wildman–Crippen MR) is 161 cm³/mol. The number of rotatable bonds is 7. The van der Waals surface area contributed by atoms with Gasteiger partial charge in [-0.3, -0.25) is 4.79 Å². The molecule has 2 fully saturated rings. The quantitative estimate of drug-likeness (QED) is 0.246. The smallest absolute Gasteiger partial charge is 0.662 e. The molecule has 228 valence electrons.